The molecule has 0 bridgehead atoms. The van der Waals surface area contributed by atoms with Gasteiger partial charge in [-0.3, -0.25) is 9.97 Å². The molecule has 2 rings (SSSR count). The van der Waals surface area contributed by atoms with Crippen molar-refractivity contribution in [1.29, 1.82) is 0 Å². The molecule has 2 aromatic heterocycles. The number of hydrogen-bond acceptors (Lipinski definition) is 4. The highest BCUT2D eigenvalue weighted by molar-refractivity contribution is 5.41. The highest BCUT2D eigenvalue weighted by Crippen LogP contribution is 2.26. The van der Waals surface area contributed by atoms with Crippen molar-refractivity contribution in [3.8, 4) is 5.75 Å². The predicted molar refractivity (Wildman–Crippen MR) is 75.1 cm³/mol. The van der Waals surface area contributed by atoms with E-state index in [0.29, 0.717) is 6.42 Å². The maximum absolute atomic E-state index is 6.18. The molecule has 0 aliphatic carbocycles. The molecule has 4 nitrogen and oxygen atoms in total. The van der Waals surface area contributed by atoms with E-state index in [9.17, 15) is 0 Å². The summed E-state index contributed by atoms with van der Waals surface area (Å²) < 4.78 is 5.41. The summed E-state index contributed by atoms with van der Waals surface area (Å²) in [5.41, 5.74) is 10.1. The van der Waals surface area contributed by atoms with Crippen LogP contribution in [0.5, 0.6) is 5.75 Å². The number of aromatic nitrogens is 2. The Morgan fingerprint density at radius 1 is 1.26 bits per heavy atom. The number of hydrogen-bond donors (Lipinski definition) is 1. The van der Waals surface area contributed by atoms with Crippen molar-refractivity contribution in [2.75, 3.05) is 7.11 Å². The average Bonchev–Trinajstić information content (AvgIpc) is 2.43. The lowest BCUT2D eigenvalue weighted by Crippen LogP contribution is -2.16. The van der Waals surface area contributed by atoms with Crippen LogP contribution in [0.4, 0.5) is 0 Å². The van der Waals surface area contributed by atoms with Crippen molar-refractivity contribution < 1.29 is 4.74 Å². The first-order valence-corrected chi connectivity index (χ1v) is 6.29. The van der Waals surface area contributed by atoms with Gasteiger partial charge in [-0.15, -0.1) is 0 Å². The topological polar surface area (TPSA) is 61.0 Å². The van der Waals surface area contributed by atoms with Crippen LogP contribution in [-0.4, -0.2) is 17.1 Å². The Morgan fingerprint density at radius 3 is 2.68 bits per heavy atom. The Balaban J connectivity index is 2.25. The standard InChI is InChI=1S/C15H19N3O/c1-10-9-18-14(11(2)15(10)19-3)8-12(16)13-6-4-5-7-17-13/h4-7,9,12H,8,16H2,1-3H3. The lowest BCUT2D eigenvalue weighted by Gasteiger charge is -2.15. The maximum Gasteiger partial charge on any atom is 0.128 e. The number of rotatable bonds is 4. The summed E-state index contributed by atoms with van der Waals surface area (Å²) in [6.07, 6.45) is 4.23. The molecule has 1 unspecified atom stereocenters. The molecule has 0 spiro atoms. The molecule has 4 heteroatoms. The third kappa shape index (κ3) is 2.90. The summed E-state index contributed by atoms with van der Waals surface area (Å²) in [6.45, 7) is 4.00. The van der Waals surface area contributed by atoms with Crippen LogP contribution >= 0.6 is 0 Å². The van der Waals surface area contributed by atoms with Gasteiger partial charge in [-0.25, -0.2) is 0 Å². The molecule has 19 heavy (non-hydrogen) atoms. The molecule has 2 aromatic rings. The number of nitrogens with two attached hydrogens (primary N) is 1. The fourth-order valence-corrected chi connectivity index (χ4v) is 2.19. The molecule has 0 amide bonds. The van der Waals surface area contributed by atoms with E-state index in [-0.39, 0.29) is 6.04 Å². The van der Waals surface area contributed by atoms with Crippen molar-refractivity contribution in [2.45, 2.75) is 26.3 Å². The molecular formula is C15H19N3O. The monoisotopic (exact) mass is 257 g/mol. The summed E-state index contributed by atoms with van der Waals surface area (Å²) in [5, 5.41) is 0. The SMILES string of the molecule is COc1c(C)cnc(CC(N)c2ccccn2)c1C. The van der Waals surface area contributed by atoms with E-state index < -0.39 is 0 Å². The van der Waals surface area contributed by atoms with E-state index in [2.05, 4.69) is 9.97 Å². The Morgan fingerprint density at radius 2 is 2.05 bits per heavy atom. The third-order valence-electron chi connectivity index (χ3n) is 3.23. The number of ether oxygens (including phenoxy) is 1. The van der Waals surface area contributed by atoms with E-state index in [0.717, 1.165) is 28.3 Å². The smallest absolute Gasteiger partial charge is 0.128 e. The van der Waals surface area contributed by atoms with Crippen molar-refractivity contribution in [3.05, 3.63) is 53.1 Å². The van der Waals surface area contributed by atoms with Gasteiger partial charge < -0.3 is 10.5 Å². The second kappa shape index (κ2) is 5.80. The second-order valence-electron chi connectivity index (χ2n) is 4.61. The van der Waals surface area contributed by atoms with Gasteiger partial charge >= 0.3 is 0 Å². The minimum atomic E-state index is -0.153. The van der Waals surface area contributed by atoms with Gasteiger partial charge in [0.2, 0.25) is 0 Å². The molecular weight excluding hydrogens is 238 g/mol. The van der Waals surface area contributed by atoms with Gasteiger partial charge in [0.25, 0.3) is 0 Å². The van der Waals surface area contributed by atoms with Crippen LogP contribution in [0, 0.1) is 13.8 Å². The molecule has 0 aliphatic rings. The highest BCUT2D eigenvalue weighted by atomic mass is 16.5. The zero-order chi connectivity index (χ0) is 13.8. The van der Waals surface area contributed by atoms with Gasteiger partial charge in [0.1, 0.15) is 5.75 Å². The lowest BCUT2D eigenvalue weighted by molar-refractivity contribution is 0.406. The summed E-state index contributed by atoms with van der Waals surface area (Å²) >= 11 is 0. The van der Waals surface area contributed by atoms with Crippen LogP contribution in [0.15, 0.2) is 30.6 Å². The van der Waals surface area contributed by atoms with Crippen LogP contribution < -0.4 is 10.5 Å². The third-order valence-corrected chi connectivity index (χ3v) is 3.23. The van der Waals surface area contributed by atoms with E-state index in [1.54, 1.807) is 13.3 Å². The maximum atomic E-state index is 6.18. The zero-order valence-electron chi connectivity index (χ0n) is 11.6. The van der Waals surface area contributed by atoms with Gasteiger partial charge in [0.15, 0.2) is 0 Å². The fourth-order valence-electron chi connectivity index (χ4n) is 2.19. The van der Waals surface area contributed by atoms with E-state index in [1.807, 2.05) is 38.2 Å². The minimum Gasteiger partial charge on any atom is -0.496 e. The van der Waals surface area contributed by atoms with Crippen molar-refractivity contribution in [3.63, 3.8) is 0 Å². The van der Waals surface area contributed by atoms with Crippen molar-refractivity contribution in [2.24, 2.45) is 5.73 Å². The normalized spacial score (nSPS) is 12.2. The highest BCUT2D eigenvalue weighted by Gasteiger charge is 2.14. The summed E-state index contributed by atoms with van der Waals surface area (Å²) in [4.78, 5) is 8.74. The van der Waals surface area contributed by atoms with Gasteiger partial charge in [0.05, 0.1) is 18.8 Å². The quantitative estimate of drug-likeness (QED) is 0.913. The minimum absolute atomic E-state index is 0.153. The molecule has 0 saturated carbocycles. The number of methoxy groups -OCH3 is 1. The summed E-state index contributed by atoms with van der Waals surface area (Å²) in [5.74, 6) is 0.887. The van der Waals surface area contributed by atoms with Gasteiger partial charge in [0, 0.05) is 35.6 Å². The summed E-state index contributed by atoms with van der Waals surface area (Å²) in [6, 6.07) is 5.61. The van der Waals surface area contributed by atoms with Gasteiger partial charge in [-0.2, -0.15) is 0 Å². The van der Waals surface area contributed by atoms with Gasteiger partial charge in [-0.1, -0.05) is 6.07 Å². The average molecular weight is 257 g/mol. The Bertz CT molecular complexity index is 555. The zero-order valence-corrected chi connectivity index (χ0v) is 11.6. The molecule has 2 heterocycles. The number of aryl methyl sites for hydroxylation is 1. The second-order valence-corrected chi connectivity index (χ2v) is 4.61. The Hall–Kier alpha value is -1.94. The van der Waals surface area contributed by atoms with Gasteiger partial charge in [-0.05, 0) is 26.0 Å². The largest absolute Gasteiger partial charge is 0.496 e. The van der Waals surface area contributed by atoms with Crippen LogP contribution in [0.3, 0.4) is 0 Å². The van der Waals surface area contributed by atoms with Crippen molar-refractivity contribution in [1.82, 2.24) is 9.97 Å². The Labute approximate surface area is 113 Å². The Kier molecular flexibility index (Phi) is 4.12. The van der Waals surface area contributed by atoms with Crippen LogP contribution in [0.25, 0.3) is 0 Å². The van der Waals surface area contributed by atoms with Crippen LogP contribution in [0.2, 0.25) is 0 Å². The van der Waals surface area contributed by atoms with Crippen molar-refractivity contribution >= 4 is 0 Å². The number of nitrogens with zero attached hydrogens (tertiary/aromatic N) is 2. The van der Waals surface area contributed by atoms with E-state index in [4.69, 9.17) is 10.5 Å². The van der Waals surface area contributed by atoms with E-state index >= 15 is 0 Å². The number of pyridine rings is 2. The molecule has 0 saturated heterocycles. The predicted octanol–water partition coefficient (Wildman–Crippen LogP) is 2.34. The van der Waals surface area contributed by atoms with Crippen LogP contribution in [0.1, 0.15) is 28.6 Å². The molecule has 0 aromatic carbocycles. The molecule has 100 valence electrons. The first-order chi connectivity index (χ1) is 9.13. The molecule has 0 aliphatic heterocycles. The lowest BCUT2D eigenvalue weighted by atomic mass is 10.0. The molecule has 0 fully saturated rings. The molecule has 1 atom stereocenters. The molecule has 2 N–H and O–H groups in total. The fraction of sp³-hybridized carbons (Fsp3) is 0.333. The summed E-state index contributed by atoms with van der Waals surface area (Å²) in [7, 11) is 1.68. The molecule has 0 radical (unpaired) electrons. The van der Waals surface area contributed by atoms with E-state index in [1.165, 1.54) is 0 Å². The first kappa shape index (κ1) is 13.5. The first-order valence-electron chi connectivity index (χ1n) is 6.29. The van der Waals surface area contributed by atoms with Crippen LogP contribution in [-0.2, 0) is 6.42 Å².